The number of rotatable bonds is 9. The van der Waals surface area contributed by atoms with Gasteiger partial charge in [-0.1, -0.05) is 6.92 Å². The van der Waals surface area contributed by atoms with Crippen molar-refractivity contribution in [3.63, 3.8) is 0 Å². The van der Waals surface area contributed by atoms with Crippen molar-refractivity contribution in [3.8, 4) is 0 Å². The van der Waals surface area contributed by atoms with Gasteiger partial charge in [0.15, 0.2) is 0 Å². The Hall–Kier alpha value is -1.17. The van der Waals surface area contributed by atoms with E-state index in [1.54, 1.807) is 14.2 Å². The summed E-state index contributed by atoms with van der Waals surface area (Å²) in [4.78, 5) is 6.73. The van der Waals surface area contributed by atoms with Gasteiger partial charge in [0.1, 0.15) is 5.82 Å². The minimum atomic E-state index is 0.0327. The maximum atomic E-state index is 9.32. The van der Waals surface area contributed by atoms with Crippen LogP contribution in [0.15, 0.2) is 12.1 Å². The molecule has 1 rings (SSSR count). The number of ether oxygens (including phenoxy) is 2. The summed E-state index contributed by atoms with van der Waals surface area (Å²) in [6.07, 6.45) is 0.850. The van der Waals surface area contributed by atoms with Crippen LogP contribution in [0.25, 0.3) is 0 Å². The summed E-state index contributed by atoms with van der Waals surface area (Å²) in [7, 11) is 3.37. The highest BCUT2D eigenvalue weighted by Crippen LogP contribution is 2.16. The van der Waals surface area contributed by atoms with Crippen LogP contribution in [-0.2, 0) is 22.5 Å². The molecule has 0 bridgehead atoms. The normalized spacial score (nSPS) is 10.7. The molecule has 1 aromatic heterocycles. The van der Waals surface area contributed by atoms with Crippen LogP contribution >= 0.6 is 0 Å². The van der Waals surface area contributed by atoms with E-state index >= 15 is 0 Å². The van der Waals surface area contributed by atoms with E-state index in [4.69, 9.17) is 9.47 Å². The average molecular weight is 268 g/mol. The molecule has 1 heterocycles. The molecule has 5 heteroatoms. The number of aliphatic hydroxyl groups is 1. The molecule has 0 saturated heterocycles. The molecule has 0 spiro atoms. The van der Waals surface area contributed by atoms with E-state index in [1.807, 2.05) is 12.1 Å². The highest BCUT2D eigenvalue weighted by molar-refractivity contribution is 5.42. The first kappa shape index (κ1) is 15.9. The molecule has 1 aromatic rings. The van der Waals surface area contributed by atoms with Gasteiger partial charge in [0.05, 0.1) is 19.8 Å². The quantitative estimate of drug-likeness (QED) is 0.730. The predicted octanol–water partition coefficient (Wildman–Crippen LogP) is 1.24. The van der Waals surface area contributed by atoms with E-state index in [2.05, 4.69) is 16.8 Å². The van der Waals surface area contributed by atoms with Crippen molar-refractivity contribution in [2.75, 3.05) is 45.4 Å². The Labute approximate surface area is 115 Å². The van der Waals surface area contributed by atoms with Gasteiger partial charge >= 0.3 is 0 Å². The van der Waals surface area contributed by atoms with Gasteiger partial charge in [0.2, 0.25) is 0 Å². The number of hydrogen-bond acceptors (Lipinski definition) is 5. The number of nitrogens with zero attached hydrogens (tertiary/aromatic N) is 2. The molecule has 0 unspecified atom stereocenters. The standard InChI is InChI=1S/C14H24N2O3/c1-4-13-9-12(11-17)10-14(15-13)16(5-7-18-2)6-8-19-3/h9-10,17H,4-8,11H2,1-3H3. The lowest BCUT2D eigenvalue weighted by Gasteiger charge is -2.24. The van der Waals surface area contributed by atoms with Crippen LogP contribution in [0.2, 0.25) is 0 Å². The van der Waals surface area contributed by atoms with Crippen molar-refractivity contribution >= 4 is 5.82 Å². The van der Waals surface area contributed by atoms with Gasteiger partial charge in [-0.25, -0.2) is 4.98 Å². The molecule has 0 atom stereocenters. The summed E-state index contributed by atoms with van der Waals surface area (Å²) >= 11 is 0. The third-order valence-electron chi connectivity index (χ3n) is 2.92. The Balaban J connectivity index is 2.91. The molecule has 0 aromatic carbocycles. The molecule has 0 saturated carbocycles. The fourth-order valence-corrected chi connectivity index (χ4v) is 1.81. The van der Waals surface area contributed by atoms with Gasteiger partial charge in [0.25, 0.3) is 0 Å². The molecule has 108 valence electrons. The molecule has 0 aliphatic rings. The Morgan fingerprint density at radius 1 is 1.16 bits per heavy atom. The maximum Gasteiger partial charge on any atom is 0.129 e. The van der Waals surface area contributed by atoms with Crippen molar-refractivity contribution in [3.05, 3.63) is 23.4 Å². The largest absolute Gasteiger partial charge is 0.392 e. The third-order valence-corrected chi connectivity index (χ3v) is 2.92. The second kappa shape index (κ2) is 8.85. The highest BCUT2D eigenvalue weighted by atomic mass is 16.5. The van der Waals surface area contributed by atoms with E-state index in [-0.39, 0.29) is 6.61 Å². The van der Waals surface area contributed by atoms with Crippen LogP contribution in [0.3, 0.4) is 0 Å². The lowest BCUT2D eigenvalue weighted by molar-refractivity contribution is 0.190. The topological polar surface area (TPSA) is 54.8 Å². The van der Waals surface area contributed by atoms with Gasteiger partial charge in [-0.2, -0.15) is 0 Å². The Morgan fingerprint density at radius 2 is 1.79 bits per heavy atom. The monoisotopic (exact) mass is 268 g/mol. The Bertz CT molecular complexity index is 341. The predicted molar refractivity (Wildman–Crippen MR) is 75.5 cm³/mol. The SMILES string of the molecule is CCc1cc(CO)cc(N(CCOC)CCOC)n1. The number of anilines is 1. The number of aliphatic hydroxyl groups excluding tert-OH is 1. The highest BCUT2D eigenvalue weighted by Gasteiger charge is 2.10. The Morgan fingerprint density at radius 3 is 2.26 bits per heavy atom. The van der Waals surface area contributed by atoms with Gasteiger partial charge < -0.3 is 19.5 Å². The lowest BCUT2D eigenvalue weighted by Crippen LogP contribution is -2.31. The van der Waals surface area contributed by atoms with Crippen molar-refractivity contribution in [2.45, 2.75) is 20.0 Å². The van der Waals surface area contributed by atoms with Crippen molar-refractivity contribution < 1.29 is 14.6 Å². The van der Waals surface area contributed by atoms with Crippen molar-refractivity contribution in [1.82, 2.24) is 4.98 Å². The van der Waals surface area contributed by atoms with Crippen molar-refractivity contribution in [2.24, 2.45) is 0 Å². The summed E-state index contributed by atoms with van der Waals surface area (Å²) in [5.41, 5.74) is 1.88. The molecule has 0 aliphatic carbocycles. The van der Waals surface area contributed by atoms with Crippen molar-refractivity contribution in [1.29, 1.82) is 0 Å². The summed E-state index contributed by atoms with van der Waals surface area (Å²) < 4.78 is 10.3. The third kappa shape index (κ3) is 5.14. The minimum Gasteiger partial charge on any atom is -0.392 e. The lowest BCUT2D eigenvalue weighted by atomic mass is 10.2. The van der Waals surface area contributed by atoms with Gasteiger partial charge in [-0.3, -0.25) is 0 Å². The molecule has 0 radical (unpaired) electrons. The summed E-state index contributed by atoms with van der Waals surface area (Å²) in [5.74, 6) is 0.873. The number of methoxy groups -OCH3 is 2. The number of aromatic nitrogens is 1. The van der Waals surface area contributed by atoms with E-state index in [9.17, 15) is 5.11 Å². The first-order valence-corrected chi connectivity index (χ1v) is 6.58. The van der Waals surface area contributed by atoms with Gasteiger partial charge in [-0.15, -0.1) is 0 Å². The Kier molecular flexibility index (Phi) is 7.40. The molecule has 0 fully saturated rings. The van der Waals surface area contributed by atoms with Crippen LogP contribution in [0.4, 0.5) is 5.82 Å². The fraction of sp³-hybridized carbons (Fsp3) is 0.643. The smallest absolute Gasteiger partial charge is 0.129 e. The van der Waals surface area contributed by atoms with Crippen LogP contribution in [0.1, 0.15) is 18.2 Å². The fourth-order valence-electron chi connectivity index (χ4n) is 1.81. The first-order valence-electron chi connectivity index (χ1n) is 6.58. The van der Waals surface area contributed by atoms with Crippen LogP contribution in [-0.4, -0.2) is 50.6 Å². The molecule has 0 aliphatic heterocycles. The zero-order valence-electron chi connectivity index (χ0n) is 12.1. The second-order valence-corrected chi connectivity index (χ2v) is 4.31. The average Bonchev–Trinajstić information content (AvgIpc) is 2.46. The summed E-state index contributed by atoms with van der Waals surface area (Å²) in [6.45, 7) is 4.87. The van der Waals surface area contributed by atoms with E-state index in [0.29, 0.717) is 13.2 Å². The molecule has 19 heavy (non-hydrogen) atoms. The molecular formula is C14H24N2O3. The minimum absolute atomic E-state index is 0.0327. The van der Waals surface area contributed by atoms with E-state index < -0.39 is 0 Å². The number of pyridine rings is 1. The maximum absolute atomic E-state index is 9.32. The van der Waals surface area contributed by atoms with Gasteiger partial charge in [0, 0.05) is 33.0 Å². The first-order chi connectivity index (χ1) is 9.24. The zero-order valence-corrected chi connectivity index (χ0v) is 12.1. The molecule has 1 N–H and O–H groups in total. The van der Waals surface area contributed by atoms with Crippen LogP contribution < -0.4 is 4.90 Å². The van der Waals surface area contributed by atoms with Crippen LogP contribution in [0.5, 0.6) is 0 Å². The summed E-state index contributed by atoms with van der Waals surface area (Å²) in [6, 6.07) is 3.86. The number of aryl methyl sites for hydroxylation is 1. The molecule has 0 amide bonds. The molecular weight excluding hydrogens is 244 g/mol. The van der Waals surface area contributed by atoms with E-state index in [1.165, 1.54) is 0 Å². The molecule has 5 nitrogen and oxygen atoms in total. The zero-order chi connectivity index (χ0) is 14.1. The summed E-state index contributed by atoms with van der Waals surface area (Å²) in [5, 5.41) is 9.32. The number of hydrogen-bond donors (Lipinski definition) is 1. The van der Waals surface area contributed by atoms with E-state index in [0.717, 1.165) is 36.6 Å². The second-order valence-electron chi connectivity index (χ2n) is 4.31. The van der Waals surface area contributed by atoms with Gasteiger partial charge in [-0.05, 0) is 24.1 Å². The van der Waals surface area contributed by atoms with Crippen LogP contribution in [0, 0.1) is 0 Å².